The molecule has 0 saturated heterocycles. The molecule has 3 aromatic rings. The maximum absolute atomic E-state index is 4.76. The van der Waals surface area contributed by atoms with Gasteiger partial charge in [-0.3, -0.25) is 0 Å². The molecule has 1 saturated carbocycles. The van der Waals surface area contributed by atoms with Crippen molar-refractivity contribution in [2.45, 2.75) is 25.2 Å². The number of allylic oxidation sites excluding steroid dienone is 9. The molecule has 170 valence electrons. The molecule has 3 unspecified atom stereocenters. The molecule has 3 atom stereocenters. The fourth-order valence-corrected chi connectivity index (χ4v) is 6.49. The van der Waals surface area contributed by atoms with Gasteiger partial charge in [0.15, 0.2) is 0 Å². The summed E-state index contributed by atoms with van der Waals surface area (Å²) in [4.78, 5) is 0. The van der Waals surface area contributed by atoms with Crippen molar-refractivity contribution in [2.75, 3.05) is 0 Å². The van der Waals surface area contributed by atoms with Crippen LogP contribution in [0.5, 0.6) is 0 Å². The van der Waals surface area contributed by atoms with E-state index in [0.717, 1.165) is 12.0 Å². The summed E-state index contributed by atoms with van der Waals surface area (Å²) in [6.07, 6.45) is 5.62. The molecule has 1 fully saturated rings. The first-order valence-electron chi connectivity index (χ1n) is 12.4. The van der Waals surface area contributed by atoms with Crippen LogP contribution < -0.4 is 0 Å². The van der Waals surface area contributed by atoms with Gasteiger partial charge in [-0.15, -0.1) is 0 Å². The van der Waals surface area contributed by atoms with Gasteiger partial charge in [0.05, 0.1) is 0 Å². The van der Waals surface area contributed by atoms with Gasteiger partial charge in [0.1, 0.15) is 0 Å². The Morgan fingerprint density at radius 1 is 0.743 bits per heavy atom. The zero-order chi connectivity index (χ0) is 24.1. The standard InChI is InChI=1S/C35H30/c1-22(2)32-24(4)34(30-18-12-11-17-29(30)32)31-21-27-19-20-28(25-13-7-5-8-14-25)35(33(27)23(31)3)26-15-9-6-10-16-26/h5-20,32-33,35H,1,3-4,21H2,2H3. The van der Waals surface area contributed by atoms with Crippen molar-refractivity contribution in [1.29, 1.82) is 0 Å². The van der Waals surface area contributed by atoms with Gasteiger partial charge in [-0.1, -0.05) is 128 Å². The molecule has 3 aromatic carbocycles. The molecule has 0 amide bonds. The van der Waals surface area contributed by atoms with E-state index in [2.05, 4.69) is 117 Å². The maximum atomic E-state index is 4.76. The molecule has 6 rings (SSSR count). The van der Waals surface area contributed by atoms with Gasteiger partial charge in [-0.2, -0.15) is 0 Å². The van der Waals surface area contributed by atoms with Crippen molar-refractivity contribution >= 4 is 11.1 Å². The SMILES string of the molecule is C=C(C)C1C(=C)C(=C2CC3=CC=C(c4ccccc4)C(c4ccccc4)C3C2=C)c2ccccc21. The van der Waals surface area contributed by atoms with Crippen LogP contribution in [0.15, 0.2) is 145 Å². The molecule has 3 aliphatic carbocycles. The zero-order valence-corrected chi connectivity index (χ0v) is 20.3. The van der Waals surface area contributed by atoms with Crippen molar-refractivity contribution in [2.24, 2.45) is 5.92 Å². The summed E-state index contributed by atoms with van der Waals surface area (Å²) in [5, 5.41) is 0. The second-order valence-electron chi connectivity index (χ2n) is 10.0. The second kappa shape index (κ2) is 8.40. The van der Waals surface area contributed by atoms with E-state index >= 15 is 0 Å². The van der Waals surface area contributed by atoms with Crippen molar-refractivity contribution in [1.82, 2.24) is 0 Å². The van der Waals surface area contributed by atoms with E-state index in [1.54, 1.807) is 0 Å². The first kappa shape index (κ1) is 21.6. The Kier molecular flexibility index (Phi) is 5.19. The number of hydrogen-bond acceptors (Lipinski definition) is 0. The summed E-state index contributed by atoms with van der Waals surface area (Å²) in [5.41, 5.74) is 14.3. The maximum Gasteiger partial charge on any atom is 0.0300 e. The minimum atomic E-state index is 0.182. The highest BCUT2D eigenvalue weighted by atomic mass is 14.5. The Labute approximate surface area is 209 Å². The lowest BCUT2D eigenvalue weighted by atomic mass is 9.71. The van der Waals surface area contributed by atoms with Crippen LogP contribution >= 0.6 is 0 Å². The molecule has 0 aromatic heterocycles. The normalized spacial score (nSPS) is 25.1. The molecule has 0 aliphatic heterocycles. The number of rotatable bonds is 3. The Morgan fingerprint density at radius 2 is 1.40 bits per heavy atom. The highest BCUT2D eigenvalue weighted by Gasteiger charge is 2.42. The Hall–Kier alpha value is -3.90. The van der Waals surface area contributed by atoms with Gasteiger partial charge < -0.3 is 0 Å². The van der Waals surface area contributed by atoms with Crippen LogP contribution in [0, 0.1) is 5.92 Å². The largest absolute Gasteiger partial charge is 0.0992 e. The third kappa shape index (κ3) is 3.36. The molecule has 0 bridgehead atoms. The second-order valence-corrected chi connectivity index (χ2v) is 10.0. The van der Waals surface area contributed by atoms with Crippen molar-refractivity contribution in [3.8, 4) is 0 Å². The molecule has 35 heavy (non-hydrogen) atoms. The minimum absolute atomic E-state index is 0.182. The van der Waals surface area contributed by atoms with Gasteiger partial charge in [-0.25, -0.2) is 0 Å². The van der Waals surface area contributed by atoms with Crippen molar-refractivity contribution < 1.29 is 0 Å². The fourth-order valence-electron chi connectivity index (χ4n) is 6.49. The van der Waals surface area contributed by atoms with E-state index in [0.29, 0.717) is 0 Å². The van der Waals surface area contributed by atoms with Gasteiger partial charge in [0.2, 0.25) is 0 Å². The number of fused-ring (bicyclic) bond motifs is 2. The molecule has 0 heterocycles. The highest BCUT2D eigenvalue weighted by Crippen LogP contribution is 2.58. The summed E-state index contributed by atoms with van der Waals surface area (Å²) in [6.45, 7) is 15.8. The molecule has 0 nitrogen and oxygen atoms in total. The lowest BCUT2D eigenvalue weighted by Crippen LogP contribution is -2.17. The van der Waals surface area contributed by atoms with Crippen molar-refractivity contribution in [3.05, 3.63) is 167 Å². The zero-order valence-electron chi connectivity index (χ0n) is 20.3. The van der Waals surface area contributed by atoms with Gasteiger partial charge >= 0.3 is 0 Å². The van der Waals surface area contributed by atoms with Crippen LogP contribution in [0.4, 0.5) is 0 Å². The Balaban J connectivity index is 1.51. The first-order valence-corrected chi connectivity index (χ1v) is 12.4. The van der Waals surface area contributed by atoms with E-state index in [1.807, 2.05) is 0 Å². The lowest BCUT2D eigenvalue weighted by Gasteiger charge is -2.32. The van der Waals surface area contributed by atoms with Crippen LogP contribution in [0.25, 0.3) is 11.1 Å². The van der Waals surface area contributed by atoms with Gasteiger partial charge in [0.25, 0.3) is 0 Å². The van der Waals surface area contributed by atoms with E-state index in [-0.39, 0.29) is 17.8 Å². The summed E-state index contributed by atoms with van der Waals surface area (Å²) in [5.74, 6) is 0.677. The first-order chi connectivity index (χ1) is 17.1. The third-order valence-electron chi connectivity index (χ3n) is 7.96. The summed E-state index contributed by atoms with van der Waals surface area (Å²) in [6, 6.07) is 30.5. The number of hydrogen-bond donors (Lipinski definition) is 0. The van der Waals surface area contributed by atoms with Crippen molar-refractivity contribution in [3.63, 3.8) is 0 Å². The Bertz CT molecular complexity index is 1460. The predicted molar refractivity (Wildman–Crippen MR) is 149 cm³/mol. The van der Waals surface area contributed by atoms with E-state index in [4.69, 9.17) is 6.58 Å². The molecular formula is C35H30. The van der Waals surface area contributed by atoms with Crippen LogP contribution in [0.3, 0.4) is 0 Å². The quantitative estimate of drug-likeness (QED) is 0.349. The smallest absolute Gasteiger partial charge is 0.0300 e. The third-order valence-corrected chi connectivity index (χ3v) is 7.96. The van der Waals surface area contributed by atoms with Crippen LogP contribution in [0.2, 0.25) is 0 Å². The molecular weight excluding hydrogens is 420 g/mol. The average Bonchev–Trinajstić information content (AvgIpc) is 3.37. The monoisotopic (exact) mass is 450 g/mol. The van der Waals surface area contributed by atoms with Gasteiger partial charge in [0, 0.05) is 17.8 Å². The predicted octanol–water partition coefficient (Wildman–Crippen LogP) is 9.05. The average molecular weight is 451 g/mol. The summed E-state index contributed by atoms with van der Waals surface area (Å²) < 4.78 is 0. The fraction of sp³-hybridized carbons (Fsp3) is 0.143. The Morgan fingerprint density at radius 3 is 2.11 bits per heavy atom. The molecule has 3 aliphatic rings. The summed E-state index contributed by atoms with van der Waals surface area (Å²) >= 11 is 0. The molecule has 0 spiro atoms. The van der Waals surface area contributed by atoms with Crippen LogP contribution in [-0.4, -0.2) is 0 Å². The molecule has 0 N–H and O–H groups in total. The van der Waals surface area contributed by atoms with E-state index in [1.165, 1.54) is 55.7 Å². The topological polar surface area (TPSA) is 0 Å². The molecule has 0 radical (unpaired) electrons. The van der Waals surface area contributed by atoms with Gasteiger partial charge in [-0.05, 0) is 63.5 Å². The van der Waals surface area contributed by atoms with Crippen LogP contribution in [-0.2, 0) is 0 Å². The van der Waals surface area contributed by atoms with Crippen LogP contribution in [0.1, 0.15) is 47.4 Å². The summed E-state index contributed by atoms with van der Waals surface area (Å²) in [7, 11) is 0. The van der Waals surface area contributed by atoms with E-state index in [9.17, 15) is 0 Å². The highest BCUT2D eigenvalue weighted by molar-refractivity contribution is 5.93. The van der Waals surface area contributed by atoms with E-state index < -0.39 is 0 Å². The molecule has 0 heteroatoms. The number of benzene rings is 3. The lowest BCUT2D eigenvalue weighted by molar-refractivity contribution is 0.673. The minimum Gasteiger partial charge on any atom is -0.0992 e.